The van der Waals surface area contributed by atoms with E-state index in [-0.39, 0.29) is 0 Å². The zero-order chi connectivity index (χ0) is 16.5. The Balaban J connectivity index is 1.79. The number of pyridine rings is 2. The van der Waals surface area contributed by atoms with Crippen LogP contribution in [0.15, 0.2) is 61.2 Å². The van der Waals surface area contributed by atoms with Crippen molar-refractivity contribution in [2.75, 3.05) is 0 Å². The summed E-state index contributed by atoms with van der Waals surface area (Å²) in [5, 5.41) is 1.18. The van der Waals surface area contributed by atoms with Gasteiger partial charge in [0.05, 0.1) is 0 Å². The molecular weight excluding hydrogens is 294 g/mol. The second-order valence-corrected chi connectivity index (χ2v) is 6.22. The maximum atomic E-state index is 4.58. The first-order valence-corrected chi connectivity index (χ1v) is 8.14. The molecule has 1 N–H and O–H groups in total. The fraction of sp³-hybridized carbons (Fsp3) is 0.143. The number of nitrogens with one attached hydrogen (secondary N) is 1. The minimum atomic E-state index is 0.913. The predicted molar refractivity (Wildman–Crippen MR) is 98.0 cm³/mol. The maximum absolute atomic E-state index is 4.58. The molecular formula is C21H19N3. The molecule has 3 heteroatoms. The van der Waals surface area contributed by atoms with Crippen LogP contribution >= 0.6 is 0 Å². The lowest BCUT2D eigenvalue weighted by Gasteiger charge is -2.09. The molecule has 0 amide bonds. The summed E-state index contributed by atoms with van der Waals surface area (Å²) in [6.45, 7) is 4.35. The number of hydrogen-bond acceptors (Lipinski definition) is 2. The van der Waals surface area contributed by atoms with Crippen molar-refractivity contribution in [1.82, 2.24) is 15.0 Å². The Morgan fingerprint density at radius 3 is 2.54 bits per heavy atom. The van der Waals surface area contributed by atoms with E-state index in [9.17, 15) is 0 Å². The van der Waals surface area contributed by atoms with Crippen LogP contribution in [-0.2, 0) is 6.42 Å². The molecule has 0 unspecified atom stereocenters. The predicted octanol–water partition coefficient (Wildman–Crippen LogP) is 4.83. The topological polar surface area (TPSA) is 41.6 Å². The number of hydrogen-bond donors (Lipinski definition) is 1. The summed E-state index contributed by atoms with van der Waals surface area (Å²) in [4.78, 5) is 12.1. The van der Waals surface area contributed by atoms with Crippen LogP contribution in [0.25, 0.3) is 22.2 Å². The molecule has 0 aliphatic heterocycles. The van der Waals surface area contributed by atoms with Gasteiger partial charge < -0.3 is 4.98 Å². The minimum absolute atomic E-state index is 0.913. The largest absolute Gasteiger partial charge is 0.346 e. The van der Waals surface area contributed by atoms with Gasteiger partial charge in [-0.1, -0.05) is 24.3 Å². The van der Waals surface area contributed by atoms with E-state index in [1.165, 1.54) is 27.6 Å². The van der Waals surface area contributed by atoms with E-state index in [2.05, 4.69) is 65.3 Å². The number of aromatic nitrogens is 3. The van der Waals surface area contributed by atoms with Crippen molar-refractivity contribution in [1.29, 1.82) is 0 Å². The van der Waals surface area contributed by atoms with Crippen LogP contribution in [0.4, 0.5) is 0 Å². The molecule has 3 nitrogen and oxygen atoms in total. The second kappa shape index (κ2) is 5.93. The fourth-order valence-electron chi connectivity index (χ4n) is 3.21. The number of aryl methyl sites for hydroxylation is 2. The van der Waals surface area contributed by atoms with Crippen molar-refractivity contribution in [2.45, 2.75) is 20.3 Å². The third-order valence-corrected chi connectivity index (χ3v) is 4.62. The highest BCUT2D eigenvalue weighted by molar-refractivity contribution is 5.84. The summed E-state index contributed by atoms with van der Waals surface area (Å²) in [7, 11) is 0. The van der Waals surface area contributed by atoms with Gasteiger partial charge in [-0.2, -0.15) is 0 Å². The molecule has 0 spiro atoms. The highest BCUT2D eigenvalue weighted by Gasteiger charge is 2.10. The van der Waals surface area contributed by atoms with E-state index in [0.717, 1.165) is 23.2 Å². The second-order valence-electron chi connectivity index (χ2n) is 6.22. The summed E-state index contributed by atoms with van der Waals surface area (Å²) in [5.74, 6) is 0. The molecule has 0 saturated heterocycles. The fourth-order valence-corrected chi connectivity index (χ4v) is 3.21. The van der Waals surface area contributed by atoms with Crippen LogP contribution in [0.2, 0.25) is 0 Å². The van der Waals surface area contributed by atoms with E-state index >= 15 is 0 Å². The van der Waals surface area contributed by atoms with Gasteiger partial charge in [-0.05, 0) is 48.2 Å². The van der Waals surface area contributed by atoms with Crippen molar-refractivity contribution in [3.8, 4) is 11.1 Å². The number of rotatable bonds is 3. The lowest BCUT2D eigenvalue weighted by molar-refractivity contribution is 1.13. The van der Waals surface area contributed by atoms with Gasteiger partial charge in [-0.25, -0.2) is 4.98 Å². The number of nitrogens with zero attached hydrogens (tertiary/aromatic N) is 2. The van der Waals surface area contributed by atoms with Gasteiger partial charge in [0.2, 0.25) is 0 Å². The quantitative estimate of drug-likeness (QED) is 0.588. The molecule has 4 aromatic rings. The van der Waals surface area contributed by atoms with E-state index in [0.29, 0.717) is 0 Å². The number of fused-ring (bicyclic) bond motifs is 1. The normalized spacial score (nSPS) is 11.1. The van der Waals surface area contributed by atoms with Crippen LogP contribution in [0.3, 0.4) is 0 Å². The van der Waals surface area contributed by atoms with Crippen LogP contribution in [-0.4, -0.2) is 15.0 Å². The first kappa shape index (κ1) is 14.6. The molecule has 0 saturated carbocycles. The Bertz CT molecular complexity index is 980. The maximum Gasteiger partial charge on any atom is 0.137 e. The average Bonchev–Trinajstić information content (AvgIpc) is 3.01. The molecule has 0 bridgehead atoms. The number of H-pyrrole nitrogens is 1. The summed E-state index contributed by atoms with van der Waals surface area (Å²) in [6, 6.07) is 12.7. The first-order chi connectivity index (χ1) is 11.7. The molecule has 1 aromatic carbocycles. The van der Waals surface area contributed by atoms with Crippen molar-refractivity contribution < 1.29 is 0 Å². The van der Waals surface area contributed by atoms with Crippen LogP contribution in [0.1, 0.15) is 22.3 Å². The zero-order valence-corrected chi connectivity index (χ0v) is 13.9. The van der Waals surface area contributed by atoms with E-state index < -0.39 is 0 Å². The third kappa shape index (κ3) is 2.58. The lowest BCUT2D eigenvalue weighted by atomic mass is 9.96. The van der Waals surface area contributed by atoms with E-state index in [1.807, 2.05) is 18.5 Å². The van der Waals surface area contributed by atoms with Gasteiger partial charge in [-0.3, -0.25) is 4.98 Å². The van der Waals surface area contributed by atoms with Crippen molar-refractivity contribution in [3.63, 3.8) is 0 Å². The summed E-state index contributed by atoms with van der Waals surface area (Å²) >= 11 is 0. The Morgan fingerprint density at radius 1 is 0.958 bits per heavy atom. The molecule has 0 aliphatic carbocycles. The van der Waals surface area contributed by atoms with Crippen LogP contribution in [0, 0.1) is 13.8 Å². The number of aromatic amines is 1. The van der Waals surface area contributed by atoms with Gasteiger partial charge in [0.25, 0.3) is 0 Å². The Labute approximate surface area is 141 Å². The average molecular weight is 313 g/mol. The Morgan fingerprint density at radius 2 is 1.79 bits per heavy atom. The number of benzene rings is 1. The molecule has 24 heavy (non-hydrogen) atoms. The Kier molecular flexibility index (Phi) is 3.62. The van der Waals surface area contributed by atoms with Crippen LogP contribution in [0.5, 0.6) is 0 Å². The Hall–Kier alpha value is -2.94. The van der Waals surface area contributed by atoms with Gasteiger partial charge in [0.15, 0.2) is 0 Å². The molecule has 3 heterocycles. The van der Waals surface area contributed by atoms with Gasteiger partial charge in [0, 0.05) is 47.7 Å². The molecule has 3 aromatic heterocycles. The van der Waals surface area contributed by atoms with Crippen molar-refractivity contribution in [3.05, 3.63) is 83.4 Å². The highest BCUT2D eigenvalue weighted by atomic mass is 14.8. The lowest BCUT2D eigenvalue weighted by Crippen LogP contribution is -1.95. The zero-order valence-electron chi connectivity index (χ0n) is 13.9. The molecule has 118 valence electrons. The standard InChI is InChI=1S/C21H19N3/c1-14-5-3-6-15(2)19(14)10-18-13-24-21-20(18)9-17(12-23-21)16-7-4-8-22-11-16/h3-9,11-13H,10H2,1-2H3,(H,23,24). The smallest absolute Gasteiger partial charge is 0.137 e. The molecule has 0 atom stereocenters. The van der Waals surface area contributed by atoms with E-state index in [1.54, 1.807) is 6.20 Å². The summed E-state index contributed by atoms with van der Waals surface area (Å²) in [5.41, 5.74) is 8.46. The first-order valence-electron chi connectivity index (χ1n) is 8.14. The molecule has 4 rings (SSSR count). The third-order valence-electron chi connectivity index (χ3n) is 4.62. The van der Waals surface area contributed by atoms with Gasteiger partial charge in [-0.15, -0.1) is 0 Å². The van der Waals surface area contributed by atoms with Crippen molar-refractivity contribution in [2.24, 2.45) is 0 Å². The molecule has 0 aliphatic rings. The summed E-state index contributed by atoms with van der Waals surface area (Å²) in [6.07, 6.45) is 8.56. The minimum Gasteiger partial charge on any atom is -0.346 e. The highest BCUT2D eigenvalue weighted by Crippen LogP contribution is 2.27. The summed E-state index contributed by atoms with van der Waals surface area (Å²) < 4.78 is 0. The molecule has 0 radical (unpaired) electrons. The molecule has 0 fully saturated rings. The van der Waals surface area contributed by atoms with Gasteiger partial charge >= 0.3 is 0 Å². The van der Waals surface area contributed by atoms with E-state index in [4.69, 9.17) is 0 Å². The van der Waals surface area contributed by atoms with Crippen LogP contribution < -0.4 is 0 Å². The monoisotopic (exact) mass is 313 g/mol. The van der Waals surface area contributed by atoms with Gasteiger partial charge in [0.1, 0.15) is 5.65 Å². The SMILES string of the molecule is Cc1cccc(C)c1Cc1c[nH]c2ncc(-c3cccnc3)cc12. The van der Waals surface area contributed by atoms with Crippen molar-refractivity contribution >= 4 is 11.0 Å².